The molecule has 170 valence electrons. The summed E-state index contributed by atoms with van der Waals surface area (Å²) in [4.78, 5) is 50.0. The number of amides is 3. The molecule has 0 fully saturated rings. The van der Waals surface area contributed by atoms with Gasteiger partial charge in [-0.15, -0.1) is 0 Å². The summed E-state index contributed by atoms with van der Waals surface area (Å²) in [5.41, 5.74) is 2.42. The van der Waals surface area contributed by atoms with E-state index < -0.39 is 18.5 Å². The van der Waals surface area contributed by atoms with Crippen LogP contribution in [0.4, 0.5) is 5.69 Å². The van der Waals surface area contributed by atoms with Crippen molar-refractivity contribution in [3.63, 3.8) is 0 Å². The Kier molecular flexibility index (Phi) is 9.90. The highest BCUT2D eigenvalue weighted by Crippen LogP contribution is 2.13. The van der Waals surface area contributed by atoms with Gasteiger partial charge in [0, 0.05) is 12.2 Å². The molecule has 0 aliphatic carbocycles. The molecule has 2 rings (SSSR count). The lowest BCUT2D eigenvalue weighted by Gasteiger charge is -2.21. The smallest absolute Gasteiger partial charge is 0.325 e. The Bertz CT molecular complexity index is 930. The molecule has 0 saturated carbocycles. The van der Waals surface area contributed by atoms with Crippen molar-refractivity contribution in [2.45, 2.75) is 26.7 Å². The van der Waals surface area contributed by atoms with Gasteiger partial charge in [-0.1, -0.05) is 55.5 Å². The molecule has 0 bridgehead atoms. The number of nitrogens with one attached hydrogen (secondary N) is 2. The minimum atomic E-state index is -0.722. The Morgan fingerprint density at radius 3 is 2.31 bits per heavy atom. The number of ether oxygens (including phenoxy) is 1. The average molecular weight is 440 g/mol. The van der Waals surface area contributed by atoms with Gasteiger partial charge in [0.25, 0.3) is 5.91 Å². The highest BCUT2D eigenvalue weighted by Gasteiger charge is 2.19. The highest BCUT2D eigenvalue weighted by molar-refractivity contribution is 5.95. The first-order valence-corrected chi connectivity index (χ1v) is 10.5. The van der Waals surface area contributed by atoms with E-state index in [-0.39, 0.29) is 31.3 Å². The number of nitrogens with zero attached hydrogens (tertiary/aromatic N) is 1. The first-order chi connectivity index (χ1) is 15.4. The summed E-state index contributed by atoms with van der Waals surface area (Å²) >= 11 is 0. The van der Waals surface area contributed by atoms with Crippen LogP contribution in [0.15, 0.2) is 54.6 Å². The number of hydrogen-bond acceptors (Lipinski definition) is 5. The fourth-order valence-electron chi connectivity index (χ4n) is 2.94. The molecule has 0 aliphatic rings. The van der Waals surface area contributed by atoms with Crippen molar-refractivity contribution in [3.8, 4) is 0 Å². The van der Waals surface area contributed by atoms with Gasteiger partial charge in [-0.25, -0.2) is 0 Å². The SMILES string of the molecule is CCCN(CC(=O)Nc1ccccc1C)C(=O)COC(=O)CNC(=O)Cc1ccccc1. The van der Waals surface area contributed by atoms with Crippen molar-refractivity contribution in [1.29, 1.82) is 0 Å². The number of anilines is 1. The Balaban J connectivity index is 1.76. The van der Waals surface area contributed by atoms with Crippen LogP contribution in [0, 0.1) is 6.92 Å². The van der Waals surface area contributed by atoms with Gasteiger partial charge in [0.15, 0.2) is 6.61 Å². The molecule has 0 atom stereocenters. The van der Waals surface area contributed by atoms with Crippen molar-refractivity contribution in [1.82, 2.24) is 10.2 Å². The maximum absolute atomic E-state index is 12.5. The number of carbonyl (C=O) groups excluding carboxylic acids is 4. The number of rotatable bonds is 11. The topological polar surface area (TPSA) is 105 Å². The van der Waals surface area contributed by atoms with E-state index in [1.54, 1.807) is 6.07 Å². The summed E-state index contributed by atoms with van der Waals surface area (Å²) in [7, 11) is 0. The molecule has 0 saturated heterocycles. The van der Waals surface area contributed by atoms with Crippen LogP contribution in [-0.4, -0.2) is 54.8 Å². The molecule has 8 heteroatoms. The van der Waals surface area contributed by atoms with E-state index in [9.17, 15) is 19.2 Å². The molecule has 8 nitrogen and oxygen atoms in total. The van der Waals surface area contributed by atoms with E-state index in [4.69, 9.17) is 4.74 Å². The van der Waals surface area contributed by atoms with Crippen LogP contribution in [0.2, 0.25) is 0 Å². The van der Waals surface area contributed by atoms with Gasteiger partial charge >= 0.3 is 5.97 Å². The van der Waals surface area contributed by atoms with Gasteiger partial charge in [-0.05, 0) is 30.5 Å². The lowest BCUT2D eigenvalue weighted by molar-refractivity contribution is -0.152. The zero-order valence-corrected chi connectivity index (χ0v) is 18.4. The molecule has 32 heavy (non-hydrogen) atoms. The van der Waals surface area contributed by atoms with Crippen molar-refractivity contribution < 1.29 is 23.9 Å². The van der Waals surface area contributed by atoms with Gasteiger partial charge < -0.3 is 20.3 Å². The Morgan fingerprint density at radius 1 is 0.938 bits per heavy atom. The molecule has 3 amide bonds. The summed E-state index contributed by atoms with van der Waals surface area (Å²) < 4.78 is 4.97. The zero-order chi connectivity index (χ0) is 23.3. The summed E-state index contributed by atoms with van der Waals surface area (Å²) in [5.74, 6) is -1.85. The van der Waals surface area contributed by atoms with Crippen LogP contribution < -0.4 is 10.6 Å². The van der Waals surface area contributed by atoms with Crippen LogP contribution >= 0.6 is 0 Å². The molecule has 0 heterocycles. The molecular weight excluding hydrogens is 410 g/mol. The third kappa shape index (κ3) is 8.59. The van der Waals surface area contributed by atoms with Gasteiger partial charge in [-0.2, -0.15) is 0 Å². The minimum Gasteiger partial charge on any atom is -0.454 e. The van der Waals surface area contributed by atoms with Crippen LogP contribution in [0.3, 0.4) is 0 Å². The number of esters is 1. The number of carbonyl (C=O) groups is 4. The van der Waals surface area contributed by atoms with E-state index in [1.165, 1.54) is 4.90 Å². The predicted octanol–water partition coefficient (Wildman–Crippen LogP) is 2.07. The largest absolute Gasteiger partial charge is 0.454 e. The third-order valence-corrected chi connectivity index (χ3v) is 4.59. The van der Waals surface area contributed by atoms with E-state index in [1.807, 2.05) is 62.4 Å². The first kappa shape index (κ1) is 24.6. The second-order valence-corrected chi connectivity index (χ2v) is 7.28. The average Bonchev–Trinajstić information content (AvgIpc) is 2.78. The van der Waals surface area contributed by atoms with Crippen LogP contribution in [-0.2, 0) is 30.3 Å². The van der Waals surface area contributed by atoms with Crippen LogP contribution in [0.25, 0.3) is 0 Å². The summed E-state index contributed by atoms with van der Waals surface area (Å²) in [5, 5.41) is 5.25. The monoisotopic (exact) mass is 439 g/mol. The van der Waals surface area contributed by atoms with Gasteiger partial charge in [0.05, 0.1) is 13.0 Å². The molecule has 0 aliphatic heterocycles. The predicted molar refractivity (Wildman–Crippen MR) is 121 cm³/mol. The maximum Gasteiger partial charge on any atom is 0.325 e. The third-order valence-electron chi connectivity index (χ3n) is 4.59. The normalized spacial score (nSPS) is 10.2. The van der Waals surface area contributed by atoms with Crippen molar-refractivity contribution in [2.75, 3.05) is 31.6 Å². The summed E-state index contributed by atoms with van der Waals surface area (Å²) in [6, 6.07) is 16.5. The Hall–Kier alpha value is -3.68. The van der Waals surface area contributed by atoms with Crippen LogP contribution in [0.1, 0.15) is 24.5 Å². The van der Waals surface area contributed by atoms with Crippen molar-refractivity contribution in [3.05, 3.63) is 65.7 Å². The molecule has 2 aromatic carbocycles. The molecule has 0 radical (unpaired) electrons. The second-order valence-electron chi connectivity index (χ2n) is 7.28. The number of hydrogen-bond donors (Lipinski definition) is 2. The van der Waals surface area contributed by atoms with E-state index in [0.717, 1.165) is 11.1 Å². The van der Waals surface area contributed by atoms with Gasteiger partial charge in [-0.3, -0.25) is 19.2 Å². The molecule has 2 N–H and O–H groups in total. The molecular formula is C24H29N3O5. The van der Waals surface area contributed by atoms with E-state index >= 15 is 0 Å². The number of aryl methyl sites for hydroxylation is 1. The van der Waals surface area contributed by atoms with Crippen molar-refractivity contribution >= 4 is 29.4 Å². The molecule has 0 unspecified atom stereocenters. The zero-order valence-electron chi connectivity index (χ0n) is 18.4. The minimum absolute atomic E-state index is 0.146. The van der Waals surface area contributed by atoms with Crippen LogP contribution in [0.5, 0.6) is 0 Å². The Labute approximate surface area is 187 Å². The molecule has 2 aromatic rings. The van der Waals surface area contributed by atoms with Gasteiger partial charge in [0.2, 0.25) is 11.8 Å². The number of para-hydroxylation sites is 1. The molecule has 0 aromatic heterocycles. The standard InChI is InChI=1S/C24H29N3O5/c1-3-13-27(16-22(29)26-20-12-8-7-9-18(20)2)23(30)17-32-24(31)15-25-21(28)14-19-10-5-4-6-11-19/h4-12H,3,13-17H2,1-2H3,(H,25,28)(H,26,29). The maximum atomic E-state index is 12.5. The summed E-state index contributed by atoms with van der Waals surface area (Å²) in [6.07, 6.45) is 0.792. The number of benzene rings is 2. The fourth-order valence-corrected chi connectivity index (χ4v) is 2.94. The van der Waals surface area contributed by atoms with E-state index in [2.05, 4.69) is 10.6 Å². The first-order valence-electron chi connectivity index (χ1n) is 10.5. The fraction of sp³-hybridized carbons (Fsp3) is 0.333. The molecule has 0 spiro atoms. The Morgan fingerprint density at radius 2 is 1.62 bits per heavy atom. The lowest BCUT2D eigenvalue weighted by atomic mass is 10.1. The van der Waals surface area contributed by atoms with E-state index in [0.29, 0.717) is 18.7 Å². The highest BCUT2D eigenvalue weighted by atomic mass is 16.5. The lowest BCUT2D eigenvalue weighted by Crippen LogP contribution is -2.41. The quantitative estimate of drug-likeness (QED) is 0.522. The summed E-state index contributed by atoms with van der Waals surface area (Å²) in [6.45, 7) is 3.14. The second kappa shape index (κ2) is 12.9. The van der Waals surface area contributed by atoms with Gasteiger partial charge in [0.1, 0.15) is 6.54 Å². The van der Waals surface area contributed by atoms with Crippen molar-refractivity contribution in [2.24, 2.45) is 0 Å².